The highest BCUT2D eigenvalue weighted by Gasteiger charge is 2.32. The van der Waals surface area contributed by atoms with Crippen molar-refractivity contribution in [1.82, 2.24) is 5.32 Å². The highest BCUT2D eigenvalue weighted by molar-refractivity contribution is 6.35. The van der Waals surface area contributed by atoms with Gasteiger partial charge in [0.15, 0.2) is 0 Å². The number of nitrogens with one attached hydrogen (secondary N) is 1. The SMILES string of the molecule is CC(=O)C(=O)NCC1CCCCC1C(=O)C(C)C. The summed E-state index contributed by atoms with van der Waals surface area (Å²) in [5.41, 5.74) is 0. The molecular formula is C14H23NO3. The van der Waals surface area contributed by atoms with Crippen LogP contribution in [0.4, 0.5) is 0 Å². The monoisotopic (exact) mass is 253 g/mol. The summed E-state index contributed by atoms with van der Waals surface area (Å²) in [7, 11) is 0. The van der Waals surface area contributed by atoms with Gasteiger partial charge in [-0.25, -0.2) is 0 Å². The smallest absolute Gasteiger partial charge is 0.287 e. The van der Waals surface area contributed by atoms with E-state index < -0.39 is 11.7 Å². The Hall–Kier alpha value is -1.19. The second-order valence-corrected chi connectivity index (χ2v) is 5.47. The third kappa shape index (κ3) is 3.93. The summed E-state index contributed by atoms with van der Waals surface area (Å²) < 4.78 is 0. The van der Waals surface area contributed by atoms with Gasteiger partial charge in [-0.1, -0.05) is 26.7 Å². The highest BCUT2D eigenvalue weighted by atomic mass is 16.2. The van der Waals surface area contributed by atoms with E-state index in [1.165, 1.54) is 6.92 Å². The van der Waals surface area contributed by atoms with Crippen molar-refractivity contribution >= 4 is 17.5 Å². The molecule has 2 atom stereocenters. The molecule has 4 nitrogen and oxygen atoms in total. The molecule has 0 aromatic carbocycles. The van der Waals surface area contributed by atoms with Crippen LogP contribution < -0.4 is 5.32 Å². The molecule has 1 N–H and O–H groups in total. The first kappa shape index (κ1) is 14.9. The van der Waals surface area contributed by atoms with Gasteiger partial charge in [-0.2, -0.15) is 0 Å². The third-order valence-electron chi connectivity index (χ3n) is 3.69. The molecule has 1 aliphatic rings. The summed E-state index contributed by atoms with van der Waals surface area (Å²) in [6.07, 6.45) is 4.06. The molecule has 102 valence electrons. The molecule has 1 amide bonds. The Labute approximate surface area is 109 Å². The van der Waals surface area contributed by atoms with Crippen LogP contribution in [0.25, 0.3) is 0 Å². The minimum atomic E-state index is -0.545. The van der Waals surface area contributed by atoms with Crippen molar-refractivity contribution in [2.75, 3.05) is 6.54 Å². The number of amides is 1. The summed E-state index contributed by atoms with van der Waals surface area (Å²) >= 11 is 0. The predicted octanol–water partition coefficient (Wildman–Crippen LogP) is 1.72. The van der Waals surface area contributed by atoms with Gasteiger partial charge in [-0.15, -0.1) is 0 Å². The molecule has 0 saturated heterocycles. The lowest BCUT2D eigenvalue weighted by molar-refractivity contribution is -0.137. The average Bonchev–Trinajstić information content (AvgIpc) is 2.35. The topological polar surface area (TPSA) is 63.2 Å². The standard InChI is InChI=1S/C14H23NO3/c1-9(2)13(17)12-7-5-4-6-11(12)8-15-14(18)10(3)16/h9,11-12H,4-8H2,1-3H3,(H,15,18). The molecule has 1 rings (SSSR count). The van der Waals surface area contributed by atoms with Crippen LogP contribution in [-0.4, -0.2) is 24.0 Å². The molecule has 1 saturated carbocycles. The second kappa shape index (κ2) is 6.66. The summed E-state index contributed by atoms with van der Waals surface area (Å²) in [4.78, 5) is 34.2. The first-order chi connectivity index (χ1) is 8.43. The Morgan fingerprint density at radius 2 is 1.78 bits per heavy atom. The zero-order valence-corrected chi connectivity index (χ0v) is 11.5. The van der Waals surface area contributed by atoms with Crippen LogP contribution in [0.15, 0.2) is 0 Å². The van der Waals surface area contributed by atoms with E-state index in [4.69, 9.17) is 0 Å². The molecular weight excluding hydrogens is 230 g/mol. The van der Waals surface area contributed by atoms with Gasteiger partial charge < -0.3 is 5.32 Å². The fourth-order valence-electron chi connectivity index (χ4n) is 2.60. The minimum absolute atomic E-state index is 0.0408. The first-order valence-corrected chi connectivity index (χ1v) is 6.76. The van der Waals surface area contributed by atoms with E-state index >= 15 is 0 Å². The van der Waals surface area contributed by atoms with Crippen molar-refractivity contribution in [1.29, 1.82) is 0 Å². The van der Waals surface area contributed by atoms with E-state index in [0.717, 1.165) is 25.7 Å². The highest BCUT2D eigenvalue weighted by Crippen LogP contribution is 2.32. The van der Waals surface area contributed by atoms with Crippen molar-refractivity contribution < 1.29 is 14.4 Å². The van der Waals surface area contributed by atoms with Crippen LogP contribution in [0, 0.1) is 17.8 Å². The Bertz CT molecular complexity index is 336. The zero-order chi connectivity index (χ0) is 13.7. The number of hydrogen-bond acceptors (Lipinski definition) is 3. The van der Waals surface area contributed by atoms with E-state index in [0.29, 0.717) is 6.54 Å². The van der Waals surface area contributed by atoms with E-state index in [1.54, 1.807) is 0 Å². The molecule has 1 aliphatic carbocycles. The van der Waals surface area contributed by atoms with Gasteiger partial charge in [0, 0.05) is 25.3 Å². The van der Waals surface area contributed by atoms with Gasteiger partial charge in [0.2, 0.25) is 5.78 Å². The molecule has 0 heterocycles. The number of rotatable bonds is 5. The lowest BCUT2D eigenvalue weighted by Gasteiger charge is -2.31. The van der Waals surface area contributed by atoms with E-state index in [1.807, 2.05) is 13.8 Å². The van der Waals surface area contributed by atoms with Gasteiger partial charge in [-0.3, -0.25) is 14.4 Å². The van der Waals surface area contributed by atoms with Gasteiger partial charge in [0.25, 0.3) is 5.91 Å². The maximum Gasteiger partial charge on any atom is 0.287 e. The number of carbonyl (C=O) groups excluding carboxylic acids is 3. The average molecular weight is 253 g/mol. The minimum Gasteiger partial charge on any atom is -0.349 e. The molecule has 0 aliphatic heterocycles. The predicted molar refractivity (Wildman–Crippen MR) is 69.0 cm³/mol. The van der Waals surface area contributed by atoms with Gasteiger partial charge >= 0.3 is 0 Å². The van der Waals surface area contributed by atoms with E-state index in [2.05, 4.69) is 5.32 Å². The summed E-state index contributed by atoms with van der Waals surface area (Å²) in [5, 5.41) is 2.63. The third-order valence-corrected chi connectivity index (χ3v) is 3.69. The van der Waals surface area contributed by atoms with Crippen LogP contribution in [0.1, 0.15) is 46.5 Å². The first-order valence-electron chi connectivity index (χ1n) is 6.76. The van der Waals surface area contributed by atoms with E-state index in [9.17, 15) is 14.4 Å². The fraction of sp³-hybridized carbons (Fsp3) is 0.786. The number of carbonyl (C=O) groups is 3. The number of hydrogen-bond donors (Lipinski definition) is 1. The molecule has 0 spiro atoms. The van der Waals surface area contributed by atoms with Gasteiger partial charge in [0.05, 0.1) is 0 Å². The fourth-order valence-corrected chi connectivity index (χ4v) is 2.60. The van der Waals surface area contributed by atoms with Crippen LogP contribution >= 0.6 is 0 Å². The van der Waals surface area contributed by atoms with Crippen molar-refractivity contribution in [2.45, 2.75) is 46.5 Å². The van der Waals surface area contributed by atoms with Crippen molar-refractivity contribution in [2.24, 2.45) is 17.8 Å². The van der Waals surface area contributed by atoms with Crippen LogP contribution in [-0.2, 0) is 14.4 Å². The Kier molecular flexibility index (Phi) is 5.51. The molecule has 2 unspecified atom stereocenters. The second-order valence-electron chi connectivity index (χ2n) is 5.47. The van der Waals surface area contributed by atoms with E-state index in [-0.39, 0.29) is 23.5 Å². The number of Topliss-reactive ketones (excluding diaryl/α,β-unsaturated/α-hetero) is 2. The van der Waals surface area contributed by atoms with Gasteiger partial charge in [0.1, 0.15) is 5.78 Å². The van der Waals surface area contributed by atoms with Crippen molar-refractivity contribution in [3.05, 3.63) is 0 Å². The van der Waals surface area contributed by atoms with Crippen molar-refractivity contribution in [3.63, 3.8) is 0 Å². The molecule has 0 radical (unpaired) electrons. The molecule has 1 fully saturated rings. The molecule has 0 aromatic rings. The largest absolute Gasteiger partial charge is 0.349 e. The summed E-state index contributed by atoms with van der Waals surface area (Å²) in [6, 6.07) is 0. The molecule has 18 heavy (non-hydrogen) atoms. The van der Waals surface area contributed by atoms with Crippen LogP contribution in [0.2, 0.25) is 0 Å². The Balaban J connectivity index is 2.57. The molecule has 0 bridgehead atoms. The van der Waals surface area contributed by atoms with Gasteiger partial charge in [-0.05, 0) is 18.8 Å². The maximum atomic E-state index is 12.1. The number of ketones is 2. The Morgan fingerprint density at radius 3 is 2.33 bits per heavy atom. The quantitative estimate of drug-likeness (QED) is 0.759. The molecule has 0 aromatic heterocycles. The van der Waals surface area contributed by atoms with Crippen LogP contribution in [0.5, 0.6) is 0 Å². The Morgan fingerprint density at radius 1 is 1.17 bits per heavy atom. The lowest BCUT2D eigenvalue weighted by Crippen LogP contribution is -2.40. The lowest BCUT2D eigenvalue weighted by atomic mass is 9.74. The summed E-state index contributed by atoms with van der Waals surface area (Å²) in [6.45, 7) is 5.54. The van der Waals surface area contributed by atoms with Crippen LogP contribution in [0.3, 0.4) is 0 Å². The summed E-state index contributed by atoms with van der Waals surface area (Å²) in [5.74, 6) is -0.451. The molecule has 4 heteroatoms. The van der Waals surface area contributed by atoms with Crippen molar-refractivity contribution in [3.8, 4) is 0 Å². The maximum absolute atomic E-state index is 12.1. The normalized spacial score (nSPS) is 23.8. The zero-order valence-electron chi connectivity index (χ0n) is 11.5.